The lowest BCUT2D eigenvalue weighted by molar-refractivity contribution is 0.624. The van der Waals surface area contributed by atoms with Crippen molar-refractivity contribution in [3.8, 4) is 6.07 Å². The number of anilines is 3. The fraction of sp³-hybridized carbons (Fsp3) is 0.0769. The third-order valence-electron chi connectivity index (χ3n) is 2.86. The molecule has 0 fully saturated rings. The van der Waals surface area contributed by atoms with Crippen LogP contribution in [0.1, 0.15) is 5.56 Å². The van der Waals surface area contributed by atoms with E-state index in [0.717, 1.165) is 0 Å². The van der Waals surface area contributed by atoms with Crippen LogP contribution in [-0.4, -0.2) is 27.0 Å². The van der Waals surface area contributed by atoms with Crippen molar-refractivity contribution < 1.29 is 4.39 Å². The normalized spacial score (nSPS) is 10.3. The highest BCUT2D eigenvalue weighted by atomic mass is 19.1. The minimum atomic E-state index is -0.562. The van der Waals surface area contributed by atoms with E-state index in [0.29, 0.717) is 28.6 Å². The van der Waals surface area contributed by atoms with Crippen molar-refractivity contribution >= 4 is 28.6 Å². The number of hydrogen-bond donors (Lipinski definition) is 3. The van der Waals surface area contributed by atoms with Gasteiger partial charge < -0.3 is 15.6 Å². The molecular weight excluding hydrogens is 273 g/mol. The smallest absolute Gasteiger partial charge is 0.226 e. The zero-order valence-electron chi connectivity index (χ0n) is 11.0. The Bertz CT molecular complexity index is 849. The number of nitrogens with zero attached hydrogens (tertiary/aromatic N) is 4. The highest BCUT2D eigenvalue weighted by Gasteiger charge is 2.10. The molecule has 3 rings (SSSR count). The summed E-state index contributed by atoms with van der Waals surface area (Å²) in [5.41, 5.74) is 1.63. The Kier molecular flexibility index (Phi) is 3.08. The van der Waals surface area contributed by atoms with Gasteiger partial charge in [-0.05, 0) is 18.2 Å². The molecule has 0 radical (unpaired) electrons. The first kappa shape index (κ1) is 12.8. The Balaban J connectivity index is 2.05. The molecule has 8 heteroatoms. The van der Waals surface area contributed by atoms with Gasteiger partial charge >= 0.3 is 0 Å². The van der Waals surface area contributed by atoms with Gasteiger partial charge in [0, 0.05) is 12.7 Å². The van der Waals surface area contributed by atoms with E-state index in [1.165, 1.54) is 24.5 Å². The van der Waals surface area contributed by atoms with Gasteiger partial charge in [-0.1, -0.05) is 0 Å². The molecule has 0 aliphatic carbocycles. The standard InChI is InChI=1S/C13H10FN7/c1-16-13-20-11-10(17-6-18-11)12(21-13)19-8-2-3-9(14)7(4-8)5-15/h2-4,6H,1H3,(H3,16,17,18,19,20,21). The van der Waals surface area contributed by atoms with E-state index in [-0.39, 0.29) is 5.56 Å². The highest BCUT2D eigenvalue weighted by Crippen LogP contribution is 2.23. The van der Waals surface area contributed by atoms with E-state index in [9.17, 15) is 4.39 Å². The molecule has 2 heterocycles. The van der Waals surface area contributed by atoms with Crippen molar-refractivity contribution in [2.75, 3.05) is 17.7 Å². The molecule has 21 heavy (non-hydrogen) atoms. The van der Waals surface area contributed by atoms with Crippen LogP contribution in [0, 0.1) is 17.1 Å². The second-order valence-corrected chi connectivity index (χ2v) is 4.18. The van der Waals surface area contributed by atoms with E-state index in [4.69, 9.17) is 5.26 Å². The minimum Gasteiger partial charge on any atom is -0.357 e. The Labute approximate surface area is 118 Å². The van der Waals surface area contributed by atoms with Crippen LogP contribution in [0.2, 0.25) is 0 Å². The number of rotatable bonds is 3. The number of hydrogen-bond acceptors (Lipinski definition) is 6. The van der Waals surface area contributed by atoms with E-state index in [1.54, 1.807) is 13.1 Å². The first-order valence-corrected chi connectivity index (χ1v) is 6.07. The van der Waals surface area contributed by atoms with E-state index >= 15 is 0 Å². The number of imidazole rings is 1. The van der Waals surface area contributed by atoms with Gasteiger partial charge in [0.1, 0.15) is 17.4 Å². The Morgan fingerprint density at radius 2 is 2.19 bits per heavy atom. The molecule has 104 valence electrons. The number of aromatic nitrogens is 4. The van der Waals surface area contributed by atoms with Crippen LogP contribution in [0.3, 0.4) is 0 Å². The van der Waals surface area contributed by atoms with Gasteiger partial charge in [-0.15, -0.1) is 0 Å². The van der Waals surface area contributed by atoms with Crippen LogP contribution in [0.15, 0.2) is 24.5 Å². The number of halogens is 1. The Hall–Kier alpha value is -3.21. The molecule has 7 nitrogen and oxygen atoms in total. The van der Waals surface area contributed by atoms with Crippen LogP contribution < -0.4 is 10.6 Å². The number of benzene rings is 1. The Morgan fingerprint density at radius 3 is 2.95 bits per heavy atom. The monoisotopic (exact) mass is 283 g/mol. The molecule has 1 aromatic carbocycles. The number of H-pyrrole nitrogens is 1. The molecule has 0 saturated heterocycles. The molecule has 0 amide bonds. The lowest BCUT2D eigenvalue weighted by Crippen LogP contribution is -2.02. The lowest BCUT2D eigenvalue weighted by atomic mass is 10.2. The molecular formula is C13H10FN7. The first-order valence-electron chi connectivity index (χ1n) is 6.07. The largest absolute Gasteiger partial charge is 0.357 e. The summed E-state index contributed by atoms with van der Waals surface area (Å²) in [5, 5.41) is 14.7. The maximum absolute atomic E-state index is 13.3. The summed E-state index contributed by atoms with van der Waals surface area (Å²) >= 11 is 0. The van der Waals surface area contributed by atoms with Gasteiger partial charge in [-0.25, -0.2) is 9.37 Å². The second kappa shape index (κ2) is 5.05. The van der Waals surface area contributed by atoms with Crippen molar-refractivity contribution in [2.24, 2.45) is 0 Å². The van der Waals surface area contributed by atoms with Gasteiger partial charge in [-0.3, -0.25) is 0 Å². The number of nitriles is 1. The maximum Gasteiger partial charge on any atom is 0.226 e. The third kappa shape index (κ3) is 2.32. The predicted octanol–water partition coefficient (Wildman–Crippen LogP) is 2.15. The summed E-state index contributed by atoms with van der Waals surface area (Å²) in [6, 6.07) is 5.97. The first-order chi connectivity index (χ1) is 10.2. The number of nitrogens with one attached hydrogen (secondary N) is 3. The van der Waals surface area contributed by atoms with Crippen molar-refractivity contribution in [1.29, 1.82) is 5.26 Å². The van der Waals surface area contributed by atoms with Gasteiger partial charge in [0.25, 0.3) is 0 Å². The molecule has 0 aliphatic heterocycles. The zero-order valence-corrected chi connectivity index (χ0v) is 11.0. The van der Waals surface area contributed by atoms with Crippen molar-refractivity contribution in [3.63, 3.8) is 0 Å². The number of fused-ring (bicyclic) bond motifs is 1. The summed E-state index contributed by atoms with van der Waals surface area (Å²) in [4.78, 5) is 15.5. The molecule has 0 aliphatic rings. The van der Waals surface area contributed by atoms with Gasteiger partial charge in [0.2, 0.25) is 5.95 Å². The maximum atomic E-state index is 13.3. The van der Waals surface area contributed by atoms with E-state index in [1.807, 2.05) is 0 Å². The summed E-state index contributed by atoms with van der Waals surface area (Å²) in [6.45, 7) is 0. The molecule has 2 aromatic heterocycles. The molecule has 0 unspecified atom stereocenters. The van der Waals surface area contributed by atoms with Crippen molar-refractivity contribution in [2.45, 2.75) is 0 Å². The quantitative estimate of drug-likeness (QED) is 0.680. The zero-order chi connectivity index (χ0) is 14.8. The molecule has 3 N–H and O–H groups in total. The summed E-state index contributed by atoms with van der Waals surface area (Å²) in [5.74, 6) is 0.324. The fourth-order valence-electron chi connectivity index (χ4n) is 1.86. The SMILES string of the molecule is CNc1nc(Nc2ccc(F)c(C#N)c2)c2[nH]cnc2n1. The predicted molar refractivity (Wildman–Crippen MR) is 75.6 cm³/mol. The van der Waals surface area contributed by atoms with Crippen molar-refractivity contribution in [1.82, 2.24) is 19.9 Å². The average Bonchev–Trinajstić information content (AvgIpc) is 2.97. The average molecular weight is 283 g/mol. The van der Waals surface area contributed by atoms with Crippen LogP contribution in [-0.2, 0) is 0 Å². The molecule has 0 spiro atoms. The van der Waals surface area contributed by atoms with Gasteiger partial charge in [0.05, 0.1) is 11.9 Å². The summed E-state index contributed by atoms with van der Waals surface area (Å²) in [7, 11) is 1.70. The Morgan fingerprint density at radius 1 is 1.33 bits per heavy atom. The van der Waals surface area contributed by atoms with Crippen molar-refractivity contribution in [3.05, 3.63) is 35.9 Å². The van der Waals surface area contributed by atoms with E-state index in [2.05, 4.69) is 30.6 Å². The summed E-state index contributed by atoms with van der Waals surface area (Å²) < 4.78 is 13.3. The van der Waals surface area contributed by atoms with Crippen LogP contribution in [0.5, 0.6) is 0 Å². The molecule has 0 atom stereocenters. The number of aromatic amines is 1. The van der Waals surface area contributed by atoms with Gasteiger partial charge in [-0.2, -0.15) is 15.2 Å². The fourth-order valence-corrected chi connectivity index (χ4v) is 1.86. The lowest BCUT2D eigenvalue weighted by Gasteiger charge is -2.08. The van der Waals surface area contributed by atoms with E-state index < -0.39 is 5.82 Å². The molecule has 0 saturated carbocycles. The van der Waals surface area contributed by atoms with Crippen LogP contribution >= 0.6 is 0 Å². The van der Waals surface area contributed by atoms with Crippen LogP contribution in [0.25, 0.3) is 11.2 Å². The second-order valence-electron chi connectivity index (χ2n) is 4.18. The van der Waals surface area contributed by atoms with Crippen LogP contribution in [0.4, 0.5) is 21.8 Å². The van der Waals surface area contributed by atoms with Gasteiger partial charge in [0.15, 0.2) is 11.5 Å². The third-order valence-corrected chi connectivity index (χ3v) is 2.86. The summed E-state index contributed by atoms with van der Waals surface area (Å²) in [6.07, 6.45) is 1.51. The molecule has 3 aromatic rings. The minimum absolute atomic E-state index is 0.0382. The topological polar surface area (TPSA) is 102 Å². The molecule has 0 bridgehead atoms. The highest BCUT2D eigenvalue weighted by molar-refractivity contribution is 5.86.